The number of nitrogens with one attached hydrogen (secondary N) is 1. The predicted molar refractivity (Wildman–Crippen MR) is 68.5 cm³/mol. The summed E-state index contributed by atoms with van der Waals surface area (Å²) >= 11 is 3.38. The van der Waals surface area contributed by atoms with Gasteiger partial charge in [-0.1, -0.05) is 13.3 Å². The van der Waals surface area contributed by atoms with E-state index >= 15 is 0 Å². The van der Waals surface area contributed by atoms with Crippen LogP contribution in [0.4, 0.5) is 0 Å². The Morgan fingerprint density at radius 1 is 1.44 bits per heavy atom. The maximum Gasteiger partial charge on any atom is 0.169 e. The quantitative estimate of drug-likeness (QED) is 0.923. The predicted octanol–water partition coefficient (Wildman–Crippen LogP) is 2.79. The zero-order valence-corrected chi connectivity index (χ0v) is 11.3. The van der Waals surface area contributed by atoms with Gasteiger partial charge in [-0.15, -0.1) is 0 Å². The molecule has 0 radical (unpaired) electrons. The Bertz CT molecular complexity index is 321. The van der Waals surface area contributed by atoms with Crippen molar-refractivity contribution in [2.24, 2.45) is 0 Å². The summed E-state index contributed by atoms with van der Waals surface area (Å²) in [6, 6.07) is 4.52. The minimum absolute atomic E-state index is 0.443. The van der Waals surface area contributed by atoms with Crippen molar-refractivity contribution in [1.82, 2.24) is 10.2 Å². The number of rotatable bonds is 4. The molecule has 1 aromatic heterocycles. The van der Waals surface area contributed by atoms with E-state index < -0.39 is 0 Å². The van der Waals surface area contributed by atoms with Crippen LogP contribution in [0.2, 0.25) is 0 Å². The summed E-state index contributed by atoms with van der Waals surface area (Å²) < 4.78 is 6.54. The number of halogens is 1. The average Bonchev–Trinajstić information content (AvgIpc) is 2.74. The fourth-order valence-electron chi connectivity index (χ4n) is 2.28. The molecule has 1 aliphatic heterocycles. The van der Waals surface area contributed by atoms with Crippen molar-refractivity contribution < 1.29 is 4.42 Å². The number of piperazine rings is 1. The summed E-state index contributed by atoms with van der Waals surface area (Å²) in [5.41, 5.74) is 0. The zero-order valence-electron chi connectivity index (χ0n) is 9.71. The summed E-state index contributed by atoms with van der Waals surface area (Å²) in [5.74, 6) is 1.09. The number of furan rings is 1. The molecule has 1 N–H and O–H groups in total. The number of nitrogens with zero attached hydrogens (tertiary/aromatic N) is 1. The number of hydrogen-bond donors (Lipinski definition) is 1. The van der Waals surface area contributed by atoms with Gasteiger partial charge in [-0.25, -0.2) is 0 Å². The van der Waals surface area contributed by atoms with E-state index in [1.165, 1.54) is 12.8 Å². The van der Waals surface area contributed by atoms with Crippen molar-refractivity contribution >= 4 is 15.9 Å². The summed E-state index contributed by atoms with van der Waals surface area (Å²) in [6.07, 6.45) is 2.35. The van der Waals surface area contributed by atoms with Crippen molar-refractivity contribution in [2.45, 2.75) is 25.8 Å². The second-order valence-corrected chi connectivity index (χ2v) is 5.01. The Morgan fingerprint density at radius 3 is 2.75 bits per heavy atom. The zero-order chi connectivity index (χ0) is 11.4. The Morgan fingerprint density at radius 2 is 2.19 bits per heavy atom. The van der Waals surface area contributed by atoms with Gasteiger partial charge in [-0.3, -0.25) is 4.90 Å². The first-order chi connectivity index (χ1) is 7.81. The topological polar surface area (TPSA) is 28.4 Å². The molecule has 1 fully saturated rings. The molecule has 0 aliphatic carbocycles. The summed E-state index contributed by atoms with van der Waals surface area (Å²) in [6.45, 7) is 6.63. The van der Waals surface area contributed by atoms with Crippen LogP contribution in [0.25, 0.3) is 0 Å². The van der Waals surface area contributed by atoms with Gasteiger partial charge in [0.25, 0.3) is 0 Å². The fourth-order valence-corrected chi connectivity index (χ4v) is 2.60. The Hall–Kier alpha value is -0.320. The lowest BCUT2D eigenvalue weighted by atomic mass is 10.1. The number of hydrogen-bond acceptors (Lipinski definition) is 3. The van der Waals surface area contributed by atoms with Gasteiger partial charge in [0.2, 0.25) is 0 Å². The van der Waals surface area contributed by atoms with Crippen LogP contribution in [0, 0.1) is 0 Å². The lowest BCUT2D eigenvalue weighted by molar-refractivity contribution is 0.145. The molecule has 0 bridgehead atoms. The van der Waals surface area contributed by atoms with E-state index in [0.717, 1.165) is 36.6 Å². The second kappa shape index (κ2) is 5.84. The van der Waals surface area contributed by atoms with E-state index in [1.807, 2.05) is 6.07 Å². The van der Waals surface area contributed by atoms with Gasteiger partial charge in [0.1, 0.15) is 5.76 Å². The minimum Gasteiger partial charge on any atom is -0.453 e. The molecule has 0 saturated carbocycles. The van der Waals surface area contributed by atoms with Crippen LogP contribution in [-0.2, 0) is 0 Å². The van der Waals surface area contributed by atoms with Crippen molar-refractivity contribution in [3.05, 3.63) is 22.6 Å². The largest absolute Gasteiger partial charge is 0.453 e. The van der Waals surface area contributed by atoms with E-state index in [0.29, 0.717) is 6.04 Å². The van der Waals surface area contributed by atoms with Gasteiger partial charge in [-0.05, 0) is 34.5 Å². The Labute approximate surface area is 105 Å². The highest BCUT2D eigenvalue weighted by Gasteiger charge is 2.23. The van der Waals surface area contributed by atoms with Crippen molar-refractivity contribution in [3.63, 3.8) is 0 Å². The summed E-state index contributed by atoms with van der Waals surface area (Å²) in [5, 5.41) is 3.39. The third kappa shape index (κ3) is 2.87. The maximum absolute atomic E-state index is 5.71. The second-order valence-electron chi connectivity index (χ2n) is 4.23. The molecule has 16 heavy (non-hydrogen) atoms. The molecule has 3 nitrogen and oxygen atoms in total. The van der Waals surface area contributed by atoms with Gasteiger partial charge >= 0.3 is 0 Å². The Kier molecular flexibility index (Phi) is 4.44. The van der Waals surface area contributed by atoms with Crippen LogP contribution in [0.3, 0.4) is 0 Å². The third-order valence-electron chi connectivity index (χ3n) is 3.08. The van der Waals surface area contributed by atoms with Crippen LogP contribution >= 0.6 is 15.9 Å². The molecule has 1 aliphatic rings. The molecule has 1 atom stereocenters. The highest BCUT2D eigenvalue weighted by Crippen LogP contribution is 2.29. The van der Waals surface area contributed by atoms with Crippen LogP contribution in [0.1, 0.15) is 31.6 Å². The minimum atomic E-state index is 0.443. The van der Waals surface area contributed by atoms with E-state index in [1.54, 1.807) is 0 Å². The monoisotopic (exact) mass is 286 g/mol. The maximum atomic E-state index is 5.71. The first-order valence-corrected chi connectivity index (χ1v) is 6.80. The lowest BCUT2D eigenvalue weighted by Gasteiger charge is -2.33. The van der Waals surface area contributed by atoms with E-state index in [-0.39, 0.29) is 0 Å². The van der Waals surface area contributed by atoms with E-state index in [4.69, 9.17) is 4.42 Å². The van der Waals surface area contributed by atoms with Gasteiger partial charge in [0, 0.05) is 26.2 Å². The smallest absolute Gasteiger partial charge is 0.169 e. The molecule has 2 heterocycles. The van der Waals surface area contributed by atoms with Crippen LogP contribution < -0.4 is 5.32 Å². The fraction of sp³-hybridized carbons (Fsp3) is 0.667. The SMILES string of the molecule is CCC[C@H](c1ccc(Br)o1)N1CCNCC1. The standard InChI is InChI=1S/C12H19BrN2O/c1-2-3-10(11-4-5-12(13)16-11)15-8-6-14-7-9-15/h4-5,10,14H,2-3,6-9H2,1H3/t10-/m1/s1. The van der Waals surface area contributed by atoms with Crippen LogP contribution in [0.15, 0.2) is 21.2 Å². The third-order valence-corrected chi connectivity index (χ3v) is 3.50. The average molecular weight is 287 g/mol. The van der Waals surface area contributed by atoms with Crippen LogP contribution in [0.5, 0.6) is 0 Å². The Balaban J connectivity index is 2.09. The van der Waals surface area contributed by atoms with Gasteiger partial charge in [-0.2, -0.15) is 0 Å². The molecular formula is C12H19BrN2O. The molecule has 2 rings (SSSR count). The van der Waals surface area contributed by atoms with Gasteiger partial charge < -0.3 is 9.73 Å². The first-order valence-electron chi connectivity index (χ1n) is 6.01. The van der Waals surface area contributed by atoms with Crippen molar-refractivity contribution in [2.75, 3.05) is 26.2 Å². The lowest BCUT2D eigenvalue weighted by Crippen LogP contribution is -2.45. The molecule has 0 unspecified atom stereocenters. The summed E-state index contributed by atoms with van der Waals surface area (Å²) in [7, 11) is 0. The molecule has 4 heteroatoms. The normalized spacial score (nSPS) is 19.9. The molecule has 0 aromatic carbocycles. The molecule has 90 valence electrons. The molecule has 1 saturated heterocycles. The molecular weight excluding hydrogens is 268 g/mol. The molecule has 0 amide bonds. The highest BCUT2D eigenvalue weighted by atomic mass is 79.9. The van der Waals surface area contributed by atoms with E-state index in [2.05, 4.69) is 39.1 Å². The highest BCUT2D eigenvalue weighted by molar-refractivity contribution is 9.10. The van der Waals surface area contributed by atoms with Crippen molar-refractivity contribution in [3.8, 4) is 0 Å². The van der Waals surface area contributed by atoms with Crippen molar-refractivity contribution in [1.29, 1.82) is 0 Å². The molecule has 0 spiro atoms. The van der Waals surface area contributed by atoms with Crippen LogP contribution in [-0.4, -0.2) is 31.1 Å². The van der Waals surface area contributed by atoms with Gasteiger partial charge in [0.05, 0.1) is 6.04 Å². The molecule has 1 aromatic rings. The van der Waals surface area contributed by atoms with Gasteiger partial charge in [0.15, 0.2) is 4.67 Å². The summed E-state index contributed by atoms with van der Waals surface area (Å²) in [4.78, 5) is 2.52. The first kappa shape index (κ1) is 12.1. The van der Waals surface area contributed by atoms with E-state index in [9.17, 15) is 0 Å².